The average Bonchev–Trinajstić information content (AvgIpc) is 2.39. The third-order valence-corrected chi connectivity index (χ3v) is 4.27. The van der Waals surface area contributed by atoms with Crippen molar-refractivity contribution >= 4 is 21.4 Å². The maximum atomic E-state index is 12.0. The van der Waals surface area contributed by atoms with Crippen molar-refractivity contribution in [1.82, 2.24) is 4.72 Å². The minimum atomic E-state index is -3.57. The van der Waals surface area contributed by atoms with Crippen molar-refractivity contribution in [2.24, 2.45) is 0 Å². The number of rotatable bonds is 8. The minimum absolute atomic E-state index is 0.101. The smallest absolute Gasteiger partial charge is 0.240 e. The molecule has 0 radical (unpaired) electrons. The first-order valence-electron chi connectivity index (χ1n) is 6.32. The van der Waals surface area contributed by atoms with E-state index in [4.69, 9.17) is 15.9 Å². The second-order valence-corrected chi connectivity index (χ2v) is 5.92. The van der Waals surface area contributed by atoms with Crippen molar-refractivity contribution in [3.8, 4) is 0 Å². The van der Waals surface area contributed by atoms with Gasteiger partial charge in [0, 0.05) is 19.6 Å². The van der Waals surface area contributed by atoms with E-state index in [1.54, 1.807) is 11.8 Å². The fourth-order valence-electron chi connectivity index (χ4n) is 1.83. The predicted octanol–water partition coefficient (Wildman–Crippen LogP) is -0.642. The van der Waals surface area contributed by atoms with E-state index in [2.05, 4.69) is 4.72 Å². The van der Waals surface area contributed by atoms with Gasteiger partial charge in [0.15, 0.2) is 0 Å². The number of nitrogens with two attached hydrogens (primary N) is 1. The maximum absolute atomic E-state index is 12.0. The van der Waals surface area contributed by atoms with Gasteiger partial charge in [0.05, 0.1) is 29.5 Å². The lowest BCUT2D eigenvalue weighted by Gasteiger charge is -2.25. The van der Waals surface area contributed by atoms with E-state index in [-0.39, 0.29) is 31.2 Å². The summed E-state index contributed by atoms with van der Waals surface area (Å²) in [5.74, 6) is 0. The molecule has 114 valence electrons. The molecule has 20 heavy (non-hydrogen) atoms. The summed E-state index contributed by atoms with van der Waals surface area (Å²) in [5, 5.41) is 18.1. The van der Waals surface area contributed by atoms with Crippen molar-refractivity contribution in [2.75, 3.05) is 43.5 Å². The van der Waals surface area contributed by atoms with Crippen LogP contribution < -0.4 is 15.4 Å². The number of nitrogen functional groups attached to an aromatic ring is 1. The van der Waals surface area contributed by atoms with E-state index in [1.807, 2.05) is 0 Å². The van der Waals surface area contributed by atoms with Gasteiger partial charge in [0.1, 0.15) is 0 Å². The molecule has 0 aliphatic rings. The fourth-order valence-corrected chi connectivity index (χ4v) is 2.89. The van der Waals surface area contributed by atoms with Crippen LogP contribution >= 0.6 is 0 Å². The van der Waals surface area contributed by atoms with Crippen LogP contribution in [-0.4, -0.2) is 51.5 Å². The lowest BCUT2D eigenvalue weighted by molar-refractivity contribution is 0.281. The summed E-state index contributed by atoms with van der Waals surface area (Å²) in [6.07, 6.45) is 0. The van der Waals surface area contributed by atoms with E-state index in [0.29, 0.717) is 17.9 Å². The fraction of sp³-hybridized carbons (Fsp3) is 0.500. The molecule has 1 aromatic carbocycles. The monoisotopic (exact) mass is 303 g/mol. The standard InChI is InChI=1S/C12H21N3O4S/c1-2-14-20(18,19)10-3-4-11(13)12(9-10)15(5-7-16)6-8-17/h3-4,9,14,16-17H,2,5-8,13H2,1H3. The van der Waals surface area contributed by atoms with Crippen molar-refractivity contribution in [1.29, 1.82) is 0 Å². The number of aliphatic hydroxyl groups is 2. The molecule has 5 N–H and O–H groups in total. The molecule has 0 saturated heterocycles. The first-order chi connectivity index (χ1) is 9.46. The highest BCUT2D eigenvalue weighted by Crippen LogP contribution is 2.26. The summed E-state index contributed by atoms with van der Waals surface area (Å²) in [6, 6.07) is 4.37. The number of hydrogen-bond acceptors (Lipinski definition) is 6. The summed E-state index contributed by atoms with van der Waals surface area (Å²) < 4.78 is 26.3. The quantitative estimate of drug-likeness (QED) is 0.475. The molecule has 0 atom stereocenters. The van der Waals surface area contributed by atoms with Crippen molar-refractivity contribution in [2.45, 2.75) is 11.8 Å². The summed E-state index contributed by atoms with van der Waals surface area (Å²) in [6.45, 7) is 2.26. The normalized spacial score (nSPS) is 11.6. The molecule has 7 nitrogen and oxygen atoms in total. The molecule has 0 saturated carbocycles. The molecule has 1 rings (SSSR count). The molecule has 0 amide bonds. The topological polar surface area (TPSA) is 116 Å². The number of anilines is 2. The van der Waals surface area contributed by atoms with Crippen molar-refractivity contribution in [3.63, 3.8) is 0 Å². The number of nitrogens with zero attached hydrogens (tertiary/aromatic N) is 1. The van der Waals surface area contributed by atoms with E-state index < -0.39 is 10.0 Å². The van der Waals surface area contributed by atoms with Crippen LogP contribution in [0, 0.1) is 0 Å². The Morgan fingerprint density at radius 2 is 1.85 bits per heavy atom. The van der Waals surface area contributed by atoms with Gasteiger partial charge in [0.25, 0.3) is 0 Å². The molecule has 0 spiro atoms. The highest BCUT2D eigenvalue weighted by molar-refractivity contribution is 7.89. The van der Waals surface area contributed by atoms with E-state index in [0.717, 1.165) is 0 Å². The zero-order valence-corrected chi connectivity index (χ0v) is 12.2. The lowest BCUT2D eigenvalue weighted by atomic mass is 10.2. The molecule has 0 unspecified atom stereocenters. The number of hydrogen-bond donors (Lipinski definition) is 4. The SMILES string of the molecule is CCNS(=O)(=O)c1ccc(N)c(N(CCO)CCO)c1. The molecule has 1 aromatic rings. The number of aliphatic hydroxyl groups excluding tert-OH is 2. The Morgan fingerprint density at radius 3 is 2.35 bits per heavy atom. The number of benzene rings is 1. The largest absolute Gasteiger partial charge is 0.397 e. The van der Waals surface area contributed by atoms with Gasteiger partial charge in [0.2, 0.25) is 10.0 Å². The van der Waals surface area contributed by atoms with Gasteiger partial charge in [-0.1, -0.05) is 6.92 Å². The zero-order valence-electron chi connectivity index (χ0n) is 11.4. The van der Waals surface area contributed by atoms with Gasteiger partial charge in [-0.2, -0.15) is 0 Å². The van der Waals surface area contributed by atoms with Crippen LogP contribution in [-0.2, 0) is 10.0 Å². The maximum Gasteiger partial charge on any atom is 0.240 e. The molecular weight excluding hydrogens is 282 g/mol. The Balaban J connectivity index is 3.19. The minimum Gasteiger partial charge on any atom is -0.397 e. The molecule has 0 heterocycles. The molecule has 8 heteroatoms. The van der Waals surface area contributed by atoms with Crippen molar-refractivity contribution in [3.05, 3.63) is 18.2 Å². The third-order valence-electron chi connectivity index (χ3n) is 2.73. The lowest BCUT2D eigenvalue weighted by Crippen LogP contribution is -2.31. The van der Waals surface area contributed by atoms with Gasteiger partial charge in [-0.05, 0) is 18.2 Å². The molecule has 0 fully saturated rings. The van der Waals surface area contributed by atoms with Crippen LogP contribution in [0.25, 0.3) is 0 Å². The van der Waals surface area contributed by atoms with Crippen LogP contribution in [0.5, 0.6) is 0 Å². The van der Waals surface area contributed by atoms with Crippen LogP contribution in [0.4, 0.5) is 11.4 Å². The van der Waals surface area contributed by atoms with Crippen LogP contribution in [0.2, 0.25) is 0 Å². The predicted molar refractivity (Wildman–Crippen MR) is 78.1 cm³/mol. The van der Waals surface area contributed by atoms with Crippen LogP contribution in [0.1, 0.15) is 6.92 Å². The first kappa shape index (κ1) is 16.7. The average molecular weight is 303 g/mol. The van der Waals surface area contributed by atoms with Gasteiger partial charge >= 0.3 is 0 Å². The zero-order chi connectivity index (χ0) is 15.2. The third kappa shape index (κ3) is 4.07. The Hall–Kier alpha value is -1.35. The Bertz CT molecular complexity index is 528. The first-order valence-corrected chi connectivity index (χ1v) is 7.80. The van der Waals surface area contributed by atoms with E-state index >= 15 is 0 Å². The molecule has 0 aromatic heterocycles. The van der Waals surface area contributed by atoms with E-state index in [9.17, 15) is 8.42 Å². The van der Waals surface area contributed by atoms with Gasteiger partial charge in [-0.25, -0.2) is 13.1 Å². The summed E-state index contributed by atoms with van der Waals surface area (Å²) in [4.78, 5) is 1.74. The molecule has 0 bridgehead atoms. The second kappa shape index (κ2) is 7.44. The summed E-state index contributed by atoms with van der Waals surface area (Å²) in [7, 11) is -3.57. The Labute approximate surface area is 119 Å². The van der Waals surface area contributed by atoms with Crippen molar-refractivity contribution < 1.29 is 18.6 Å². The van der Waals surface area contributed by atoms with Crippen LogP contribution in [0.15, 0.2) is 23.1 Å². The van der Waals surface area contributed by atoms with Gasteiger partial charge in [-0.3, -0.25) is 0 Å². The number of nitrogens with one attached hydrogen (secondary N) is 1. The highest BCUT2D eigenvalue weighted by Gasteiger charge is 2.17. The molecule has 0 aliphatic carbocycles. The molecular formula is C12H21N3O4S. The van der Waals surface area contributed by atoms with Crippen LogP contribution in [0.3, 0.4) is 0 Å². The second-order valence-electron chi connectivity index (χ2n) is 4.16. The van der Waals surface area contributed by atoms with Gasteiger partial charge < -0.3 is 20.8 Å². The summed E-state index contributed by atoms with van der Waals surface area (Å²) >= 11 is 0. The number of sulfonamides is 1. The van der Waals surface area contributed by atoms with E-state index in [1.165, 1.54) is 18.2 Å². The van der Waals surface area contributed by atoms with Gasteiger partial charge in [-0.15, -0.1) is 0 Å². The highest BCUT2D eigenvalue weighted by atomic mass is 32.2. The Kier molecular flexibility index (Phi) is 6.21. The molecule has 0 aliphatic heterocycles. The summed E-state index contributed by atoms with van der Waals surface area (Å²) in [5.41, 5.74) is 6.72. The Morgan fingerprint density at radius 1 is 1.25 bits per heavy atom.